The molecule has 0 saturated carbocycles. The number of likely N-dealkylation sites (tertiary alicyclic amines) is 1. The molecule has 0 aromatic rings. The van der Waals surface area contributed by atoms with Gasteiger partial charge in [0.2, 0.25) is 5.91 Å². The topological polar surface area (TPSA) is 55.6 Å². The lowest BCUT2D eigenvalue weighted by Crippen LogP contribution is -2.46. The van der Waals surface area contributed by atoms with Crippen molar-refractivity contribution < 1.29 is 9.53 Å². The number of nitrogens with zero attached hydrogens (tertiary/aromatic N) is 1. The van der Waals surface area contributed by atoms with E-state index in [0.717, 1.165) is 45.4 Å². The van der Waals surface area contributed by atoms with E-state index in [4.69, 9.17) is 10.5 Å². The number of carbonyl (C=O) groups excluding carboxylic acids is 1. The lowest BCUT2D eigenvalue weighted by molar-refractivity contribution is -0.143. The van der Waals surface area contributed by atoms with Gasteiger partial charge in [0.25, 0.3) is 0 Å². The smallest absolute Gasteiger partial charge is 0.228 e. The minimum absolute atomic E-state index is 0.229. The van der Waals surface area contributed by atoms with Gasteiger partial charge in [-0.25, -0.2) is 0 Å². The molecule has 0 bridgehead atoms. The molecule has 0 aromatic carbocycles. The highest BCUT2D eigenvalue weighted by Gasteiger charge is 2.32. The van der Waals surface area contributed by atoms with Crippen LogP contribution in [-0.4, -0.2) is 43.2 Å². The zero-order valence-electron chi connectivity index (χ0n) is 12.1. The number of ether oxygens (including phenoxy) is 1. The highest BCUT2D eigenvalue weighted by Crippen LogP contribution is 2.25. The van der Waals surface area contributed by atoms with E-state index >= 15 is 0 Å². The normalized spacial score (nSPS) is 18.1. The van der Waals surface area contributed by atoms with Gasteiger partial charge in [0.05, 0.1) is 6.10 Å². The number of hydrogen-bond acceptors (Lipinski definition) is 3. The number of hydrogen-bond donors (Lipinski definition) is 1. The van der Waals surface area contributed by atoms with E-state index in [1.165, 1.54) is 0 Å². The maximum absolute atomic E-state index is 12.3. The summed E-state index contributed by atoms with van der Waals surface area (Å²) in [6, 6.07) is 0. The van der Waals surface area contributed by atoms with Crippen molar-refractivity contribution in [2.75, 3.05) is 26.2 Å². The maximum atomic E-state index is 12.3. The van der Waals surface area contributed by atoms with Crippen LogP contribution >= 0.6 is 0 Å². The van der Waals surface area contributed by atoms with Gasteiger partial charge in [0.15, 0.2) is 0 Å². The number of amides is 1. The van der Waals surface area contributed by atoms with Crippen molar-refractivity contribution >= 4 is 5.91 Å². The SMILES string of the molecule is CCC(C)(C)C(=O)N1CCC(OCCCN)CC1. The number of piperidine rings is 1. The quantitative estimate of drug-likeness (QED) is 0.737. The Bertz CT molecular complexity index is 259. The van der Waals surface area contributed by atoms with Crippen molar-refractivity contribution in [1.29, 1.82) is 0 Å². The minimum Gasteiger partial charge on any atom is -0.378 e. The summed E-state index contributed by atoms with van der Waals surface area (Å²) in [5, 5.41) is 0. The van der Waals surface area contributed by atoms with E-state index in [-0.39, 0.29) is 11.3 Å². The second kappa shape index (κ2) is 7.10. The Balaban J connectivity index is 2.33. The maximum Gasteiger partial charge on any atom is 0.228 e. The largest absolute Gasteiger partial charge is 0.378 e. The van der Waals surface area contributed by atoms with Crippen molar-refractivity contribution in [2.45, 2.75) is 52.6 Å². The summed E-state index contributed by atoms with van der Waals surface area (Å²) in [5.74, 6) is 0.283. The Morgan fingerprint density at radius 3 is 2.50 bits per heavy atom. The molecule has 1 aliphatic rings. The predicted octanol–water partition coefficient (Wildman–Crippen LogP) is 1.78. The first kappa shape index (κ1) is 15.4. The fourth-order valence-corrected chi connectivity index (χ4v) is 2.14. The average Bonchev–Trinajstić information content (AvgIpc) is 2.39. The van der Waals surface area contributed by atoms with Crippen molar-refractivity contribution in [1.82, 2.24) is 4.90 Å². The Hall–Kier alpha value is -0.610. The van der Waals surface area contributed by atoms with Gasteiger partial charge >= 0.3 is 0 Å². The zero-order valence-corrected chi connectivity index (χ0v) is 12.1. The highest BCUT2D eigenvalue weighted by molar-refractivity contribution is 5.81. The van der Waals surface area contributed by atoms with Crippen LogP contribution in [0.3, 0.4) is 0 Å². The third-order valence-corrected chi connectivity index (χ3v) is 3.89. The van der Waals surface area contributed by atoms with Gasteiger partial charge in [0, 0.05) is 25.1 Å². The van der Waals surface area contributed by atoms with Crippen LogP contribution in [0.15, 0.2) is 0 Å². The van der Waals surface area contributed by atoms with Crippen LogP contribution in [0.5, 0.6) is 0 Å². The van der Waals surface area contributed by atoms with Crippen molar-refractivity contribution in [3.8, 4) is 0 Å². The van der Waals surface area contributed by atoms with Gasteiger partial charge in [-0.2, -0.15) is 0 Å². The fourth-order valence-electron chi connectivity index (χ4n) is 2.14. The Morgan fingerprint density at radius 2 is 2.00 bits per heavy atom. The van der Waals surface area contributed by atoms with Crippen LogP contribution in [0.1, 0.15) is 46.5 Å². The van der Waals surface area contributed by atoms with E-state index in [0.29, 0.717) is 12.6 Å². The molecular formula is C14H28N2O2. The molecule has 4 nitrogen and oxygen atoms in total. The molecule has 0 unspecified atom stereocenters. The van der Waals surface area contributed by atoms with Crippen molar-refractivity contribution in [3.05, 3.63) is 0 Å². The van der Waals surface area contributed by atoms with Crippen molar-refractivity contribution in [3.63, 3.8) is 0 Å². The standard InChI is InChI=1S/C14H28N2O2/c1-4-14(2,3)13(17)16-9-6-12(7-10-16)18-11-5-8-15/h12H,4-11,15H2,1-3H3. The summed E-state index contributed by atoms with van der Waals surface area (Å²) in [7, 11) is 0. The molecule has 0 aliphatic carbocycles. The first-order valence-electron chi connectivity index (χ1n) is 7.12. The molecular weight excluding hydrogens is 228 g/mol. The van der Waals surface area contributed by atoms with E-state index in [2.05, 4.69) is 6.92 Å². The molecule has 1 fully saturated rings. The van der Waals surface area contributed by atoms with Crippen LogP contribution in [-0.2, 0) is 9.53 Å². The molecule has 1 amide bonds. The Labute approximate surface area is 111 Å². The molecule has 4 heteroatoms. The van der Waals surface area contributed by atoms with Crippen LogP contribution in [0.4, 0.5) is 0 Å². The van der Waals surface area contributed by atoms with Crippen LogP contribution in [0, 0.1) is 5.41 Å². The summed E-state index contributed by atoms with van der Waals surface area (Å²) in [6.07, 6.45) is 4.03. The highest BCUT2D eigenvalue weighted by atomic mass is 16.5. The number of carbonyl (C=O) groups is 1. The third-order valence-electron chi connectivity index (χ3n) is 3.89. The van der Waals surface area contributed by atoms with Crippen LogP contribution in [0.2, 0.25) is 0 Å². The summed E-state index contributed by atoms with van der Waals surface area (Å²) in [6.45, 7) is 9.21. The molecule has 0 spiro atoms. The Kier molecular flexibility index (Phi) is 6.09. The summed E-state index contributed by atoms with van der Waals surface area (Å²) >= 11 is 0. The van der Waals surface area contributed by atoms with E-state index in [9.17, 15) is 4.79 Å². The van der Waals surface area contributed by atoms with Gasteiger partial charge in [-0.15, -0.1) is 0 Å². The second-order valence-electron chi connectivity index (χ2n) is 5.74. The molecule has 106 valence electrons. The molecule has 2 N–H and O–H groups in total. The summed E-state index contributed by atoms with van der Waals surface area (Å²) < 4.78 is 5.75. The van der Waals surface area contributed by atoms with Crippen molar-refractivity contribution in [2.24, 2.45) is 11.1 Å². The number of rotatable bonds is 6. The first-order chi connectivity index (χ1) is 8.51. The zero-order chi connectivity index (χ0) is 13.6. The summed E-state index contributed by atoms with van der Waals surface area (Å²) in [4.78, 5) is 14.3. The number of nitrogens with two attached hydrogens (primary N) is 1. The van der Waals surface area contributed by atoms with Gasteiger partial charge in [-0.1, -0.05) is 20.8 Å². The summed E-state index contributed by atoms with van der Waals surface area (Å²) in [5.41, 5.74) is 5.21. The monoisotopic (exact) mass is 256 g/mol. The van der Waals surface area contributed by atoms with Gasteiger partial charge in [-0.05, 0) is 32.2 Å². The van der Waals surface area contributed by atoms with E-state index in [1.54, 1.807) is 0 Å². The van der Waals surface area contributed by atoms with E-state index in [1.807, 2.05) is 18.7 Å². The fraction of sp³-hybridized carbons (Fsp3) is 0.929. The van der Waals surface area contributed by atoms with E-state index < -0.39 is 0 Å². The lowest BCUT2D eigenvalue weighted by Gasteiger charge is -2.36. The van der Waals surface area contributed by atoms with Gasteiger partial charge in [-0.3, -0.25) is 4.79 Å². The molecule has 1 saturated heterocycles. The molecule has 1 rings (SSSR count). The molecule has 0 aromatic heterocycles. The second-order valence-corrected chi connectivity index (χ2v) is 5.74. The predicted molar refractivity (Wildman–Crippen MR) is 73.3 cm³/mol. The van der Waals surface area contributed by atoms with Gasteiger partial charge in [0.1, 0.15) is 0 Å². The molecule has 18 heavy (non-hydrogen) atoms. The molecule has 1 heterocycles. The third kappa shape index (κ3) is 4.25. The van der Waals surface area contributed by atoms with Crippen LogP contribution < -0.4 is 5.73 Å². The van der Waals surface area contributed by atoms with Gasteiger partial charge < -0.3 is 15.4 Å². The lowest BCUT2D eigenvalue weighted by atomic mass is 9.88. The molecule has 1 aliphatic heterocycles. The first-order valence-corrected chi connectivity index (χ1v) is 7.12. The minimum atomic E-state index is -0.229. The average molecular weight is 256 g/mol. The van der Waals surface area contributed by atoms with Crippen LogP contribution in [0.25, 0.3) is 0 Å². The molecule has 0 radical (unpaired) electrons. The Morgan fingerprint density at radius 1 is 1.39 bits per heavy atom. The molecule has 0 atom stereocenters.